The van der Waals surface area contributed by atoms with Crippen molar-refractivity contribution in [3.05, 3.63) is 35.9 Å². The Kier molecular flexibility index (Phi) is 6.60. The molecule has 0 bridgehead atoms. The summed E-state index contributed by atoms with van der Waals surface area (Å²) in [4.78, 5) is 41.6. The Balaban J connectivity index is 1.19. The molecule has 3 fully saturated rings. The van der Waals surface area contributed by atoms with Crippen LogP contribution in [0.3, 0.4) is 0 Å². The first-order valence-corrected chi connectivity index (χ1v) is 11.6. The van der Waals surface area contributed by atoms with Crippen LogP contribution >= 0.6 is 0 Å². The Bertz CT molecular complexity index is 796. The SMILES string of the molecule is CC(NC(=O)C1CCN(CC(=O)N2CCC3(CCNC3=O)CC2)CC1)c1ccccc1. The van der Waals surface area contributed by atoms with Crippen molar-refractivity contribution in [1.29, 1.82) is 0 Å². The molecular formula is C24H34N4O3. The van der Waals surface area contributed by atoms with Crippen LogP contribution in [0.4, 0.5) is 0 Å². The lowest BCUT2D eigenvalue weighted by Gasteiger charge is -2.39. The van der Waals surface area contributed by atoms with Gasteiger partial charge in [-0.1, -0.05) is 30.3 Å². The van der Waals surface area contributed by atoms with Crippen LogP contribution in [0.1, 0.15) is 50.6 Å². The zero-order chi connectivity index (χ0) is 21.8. The minimum atomic E-state index is -0.237. The van der Waals surface area contributed by atoms with E-state index < -0.39 is 0 Å². The van der Waals surface area contributed by atoms with Gasteiger partial charge in [-0.15, -0.1) is 0 Å². The van der Waals surface area contributed by atoms with Crippen molar-refractivity contribution in [1.82, 2.24) is 20.4 Å². The van der Waals surface area contributed by atoms with Crippen LogP contribution in [0.15, 0.2) is 30.3 Å². The molecule has 7 nitrogen and oxygen atoms in total. The van der Waals surface area contributed by atoms with Crippen LogP contribution in [-0.2, 0) is 14.4 Å². The molecule has 0 saturated carbocycles. The number of rotatable bonds is 5. The fourth-order valence-electron chi connectivity index (χ4n) is 5.18. The molecule has 31 heavy (non-hydrogen) atoms. The smallest absolute Gasteiger partial charge is 0.236 e. The van der Waals surface area contributed by atoms with Crippen molar-refractivity contribution in [3.8, 4) is 0 Å². The van der Waals surface area contributed by atoms with Gasteiger partial charge in [0.2, 0.25) is 17.7 Å². The number of nitrogens with one attached hydrogen (secondary N) is 2. The van der Waals surface area contributed by atoms with E-state index in [1.807, 2.05) is 42.2 Å². The summed E-state index contributed by atoms with van der Waals surface area (Å²) in [6, 6.07) is 10.00. The molecule has 3 saturated heterocycles. The third-order valence-electron chi connectivity index (χ3n) is 7.42. The fourth-order valence-corrected chi connectivity index (χ4v) is 5.18. The summed E-state index contributed by atoms with van der Waals surface area (Å²) in [5.74, 6) is 0.433. The van der Waals surface area contributed by atoms with E-state index in [9.17, 15) is 14.4 Å². The molecule has 3 aliphatic rings. The lowest BCUT2D eigenvalue weighted by atomic mass is 9.77. The lowest BCUT2D eigenvalue weighted by molar-refractivity contribution is -0.139. The molecule has 3 heterocycles. The third-order valence-corrected chi connectivity index (χ3v) is 7.42. The summed E-state index contributed by atoms with van der Waals surface area (Å²) >= 11 is 0. The first-order valence-electron chi connectivity index (χ1n) is 11.6. The van der Waals surface area contributed by atoms with Gasteiger partial charge in [0, 0.05) is 25.6 Å². The highest BCUT2D eigenvalue weighted by Gasteiger charge is 2.45. The normalized spacial score (nSPS) is 22.9. The van der Waals surface area contributed by atoms with Crippen LogP contribution in [0.2, 0.25) is 0 Å². The van der Waals surface area contributed by atoms with E-state index in [1.54, 1.807) is 0 Å². The largest absolute Gasteiger partial charge is 0.356 e. The van der Waals surface area contributed by atoms with Crippen LogP contribution in [0, 0.1) is 11.3 Å². The second kappa shape index (κ2) is 9.39. The molecule has 1 atom stereocenters. The number of piperidine rings is 2. The summed E-state index contributed by atoms with van der Waals surface area (Å²) in [5, 5.41) is 6.08. The highest BCUT2D eigenvalue weighted by atomic mass is 16.2. The lowest BCUT2D eigenvalue weighted by Crippen LogP contribution is -2.50. The van der Waals surface area contributed by atoms with E-state index in [4.69, 9.17) is 0 Å². The molecule has 1 aromatic carbocycles. The summed E-state index contributed by atoms with van der Waals surface area (Å²) in [5.41, 5.74) is 0.872. The summed E-state index contributed by atoms with van der Waals surface area (Å²) in [6.07, 6.45) is 4.00. The number of carbonyl (C=O) groups is 3. The summed E-state index contributed by atoms with van der Waals surface area (Å²) < 4.78 is 0. The van der Waals surface area contributed by atoms with Crippen LogP contribution in [-0.4, -0.2) is 66.8 Å². The Labute approximate surface area is 184 Å². The van der Waals surface area contributed by atoms with Crippen LogP contribution in [0.25, 0.3) is 0 Å². The number of benzene rings is 1. The van der Waals surface area contributed by atoms with Gasteiger partial charge >= 0.3 is 0 Å². The van der Waals surface area contributed by atoms with Gasteiger partial charge in [-0.2, -0.15) is 0 Å². The molecule has 1 spiro atoms. The predicted octanol–water partition coefficient (Wildman–Crippen LogP) is 1.70. The Morgan fingerprint density at radius 3 is 2.39 bits per heavy atom. The van der Waals surface area contributed by atoms with Crippen molar-refractivity contribution in [2.45, 2.75) is 45.1 Å². The fraction of sp³-hybridized carbons (Fsp3) is 0.625. The third kappa shape index (κ3) is 4.92. The van der Waals surface area contributed by atoms with E-state index in [1.165, 1.54) is 0 Å². The van der Waals surface area contributed by atoms with E-state index >= 15 is 0 Å². The monoisotopic (exact) mass is 426 g/mol. The molecular weight excluding hydrogens is 392 g/mol. The maximum Gasteiger partial charge on any atom is 0.236 e. The molecule has 1 aromatic rings. The summed E-state index contributed by atoms with van der Waals surface area (Å²) in [7, 11) is 0. The second-order valence-electron chi connectivity index (χ2n) is 9.36. The first kappa shape index (κ1) is 21.8. The predicted molar refractivity (Wildman–Crippen MR) is 118 cm³/mol. The quantitative estimate of drug-likeness (QED) is 0.751. The zero-order valence-electron chi connectivity index (χ0n) is 18.4. The molecule has 2 N–H and O–H groups in total. The zero-order valence-corrected chi connectivity index (χ0v) is 18.4. The number of likely N-dealkylation sites (tertiary alicyclic amines) is 2. The van der Waals surface area contributed by atoms with Crippen molar-refractivity contribution in [2.24, 2.45) is 11.3 Å². The Morgan fingerprint density at radius 1 is 1.10 bits per heavy atom. The van der Waals surface area contributed by atoms with Crippen LogP contribution < -0.4 is 10.6 Å². The minimum absolute atomic E-state index is 0.00217. The molecule has 0 radical (unpaired) electrons. The number of nitrogens with zero attached hydrogens (tertiary/aromatic N) is 2. The van der Waals surface area contributed by atoms with Crippen molar-refractivity contribution in [3.63, 3.8) is 0 Å². The van der Waals surface area contributed by atoms with Gasteiger partial charge < -0.3 is 15.5 Å². The van der Waals surface area contributed by atoms with E-state index in [2.05, 4.69) is 15.5 Å². The molecule has 3 amide bonds. The average Bonchev–Trinajstić information content (AvgIpc) is 3.14. The minimum Gasteiger partial charge on any atom is -0.356 e. The van der Waals surface area contributed by atoms with Gasteiger partial charge in [0.1, 0.15) is 0 Å². The molecule has 0 aromatic heterocycles. The van der Waals surface area contributed by atoms with Gasteiger partial charge in [0.05, 0.1) is 18.0 Å². The molecule has 168 valence electrons. The number of hydrogen-bond donors (Lipinski definition) is 2. The van der Waals surface area contributed by atoms with Gasteiger partial charge in [-0.05, 0) is 57.7 Å². The van der Waals surface area contributed by atoms with E-state index in [0.29, 0.717) is 19.6 Å². The number of amides is 3. The van der Waals surface area contributed by atoms with Gasteiger partial charge in [0.25, 0.3) is 0 Å². The Hall–Kier alpha value is -2.41. The van der Waals surface area contributed by atoms with E-state index in [0.717, 1.165) is 57.3 Å². The van der Waals surface area contributed by atoms with Gasteiger partial charge in [0.15, 0.2) is 0 Å². The van der Waals surface area contributed by atoms with Crippen LogP contribution in [0.5, 0.6) is 0 Å². The summed E-state index contributed by atoms with van der Waals surface area (Å²) in [6.45, 7) is 6.06. The Morgan fingerprint density at radius 2 is 1.77 bits per heavy atom. The molecule has 4 rings (SSSR count). The van der Waals surface area contributed by atoms with Crippen molar-refractivity contribution in [2.75, 3.05) is 39.3 Å². The number of carbonyl (C=O) groups excluding carboxylic acids is 3. The topological polar surface area (TPSA) is 81.8 Å². The molecule has 7 heteroatoms. The van der Waals surface area contributed by atoms with Gasteiger partial charge in [-0.25, -0.2) is 0 Å². The number of hydrogen-bond acceptors (Lipinski definition) is 4. The molecule has 3 aliphatic heterocycles. The van der Waals surface area contributed by atoms with Crippen molar-refractivity contribution < 1.29 is 14.4 Å². The van der Waals surface area contributed by atoms with E-state index in [-0.39, 0.29) is 35.1 Å². The second-order valence-corrected chi connectivity index (χ2v) is 9.36. The van der Waals surface area contributed by atoms with Gasteiger partial charge in [-0.3, -0.25) is 19.3 Å². The highest BCUT2D eigenvalue weighted by Crippen LogP contribution is 2.38. The van der Waals surface area contributed by atoms with Crippen molar-refractivity contribution >= 4 is 17.7 Å². The maximum absolute atomic E-state index is 12.8. The first-order chi connectivity index (χ1) is 15.0. The highest BCUT2D eigenvalue weighted by molar-refractivity contribution is 5.85. The maximum atomic E-state index is 12.8. The molecule has 0 aliphatic carbocycles. The standard InChI is InChI=1S/C24H34N4O3/c1-18(19-5-3-2-4-6-19)26-22(30)20-7-13-27(14-8-20)17-21(29)28-15-10-24(11-16-28)9-12-25-23(24)31/h2-6,18,20H,7-17H2,1H3,(H,25,31)(H,26,30). The average molecular weight is 427 g/mol. The molecule has 1 unspecified atom stereocenters.